The first kappa shape index (κ1) is 25.0. The molecule has 1 aromatic heterocycles. The highest BCUT2D eigenvalue weighted by atomic mass is 16.5. The number of nitrogens with one attached hydrogen (secondary N) is 2. The van der Waals surface area contributed by atoms with E-state index in [1.54, 1.807) is 0 Å². The van der Waals surface area contributed by atoms with Gasteiger partial charge in [-0.2, -0.15) is 5.10 Å². The van der Waals surface area contributed by atoms with Gasteiger partial charge in [-0.3, -0.25) is 10.2 Å². The number of amides is 2. The zero-order valence-electron chi connectivity index (χ0n) is 21.8. The van der Waals surface area contributed by atoms with E-state index < -0.39 is 0 Å². The Balaban J connectivity index is 1.34. The predicted octanol–water partition coefficient (Wildman–Crippen LogP) is 5.84. The van der Waals surface area contributed by atoms with Crippen molar-refractivity contribution < 1.29 is 9.53 Å². The lowest BCUT2D eigenvalue weighted by molar-refractivity contribution is 0.0384. The Labute approximate surface area is 218 Å². The molecule has 37 heavy (non-hydrogen) atoms. The summed E-state index contributed by atoms with van der Waals surface area (Å²) in [5.74, 6) is 0.628. The molecule has 1 aliphatic heterocycles. The molecule has 3 aromatic carbocycles. The van der Waals surface area contributed by atoms with Crippen molar-refractivity contribution >= 4 is 28.3 Å². The smallest absolute Gasteiger partial charge is 0.324 e. The third-order valence-electron chi connectivity index (χ3n) is 6.76. The second kappa shape index (κ2) is 10.7. The molecule has 0 bridgehead atoms. The van der Waals surface area contributed by atoms with Crippen molar-refractivity contribution in [3.8, 4) is 5.69 Å². The number of anilines is 2. The van der Waals surface area contributed by atoms with Crippen LogP contribution in [0, 0.1) is 0 Å². The van der Waals surface area contributed by atoms with Crippen LogP contribution in [0.3, 0.4) is 0 Å². The molecule has 2 amide bonds. The number of hydrogen-bond donors (Lipinski definition) is 2. The monoisotopic (exact) mass is 497 g/mol. The summed E-state index contributed by atoms with van der Waals surface area (Å²) in [7, 11) is 0. The minimum atomic E-state index is -0.305. The molecule has 7 heteroatoms. The highest BCUT2D eigenvalue weighted by Crippen LogP contribution is 2.27. The van der Waals surface area contributed by atoms with E-state index in [0.717, 1.165) is 67.1 Å². The number of carbonyl (C=O) groups is 1. The van der Waals surface area contributed by atoms with Crippen LogP contribution in [0.25, 0.3) is 16.5 Å². The van der Waals surface area contributed by atoms with Crippen LogP contribution in [-0.2, 0) is 16.6 Å². The molecule has 0 atom stereocenters. The molecule has 5 rings (SSSR count). The van der Waals surface area contributed by atoms with Crippen molar-refractivity contribution in [3.63, 3.8) is 0 Å². The Hall–Kier alpha value is -3.68. The molecule has 1 aliphatic rings. The van der Waals surface area contributed by atoms with E-state index in [1.807, 2.05) is 53.2 Å². The van der Waals surface area contributed by atoms with Gasteiger partial charge >= 0.3 is 6.03 Å². The average molecular weight is 498 g/mol. The lowest BCUT2D eigenvalue weighted by Crippen LogP contribution is -2.37. The molecule has 2 heterocycles. The number of morpholine rings is 1. The summed E-state index contributed by atoms with van der Waals surface area (Å²) in [6.45, 7) is 11.0. The topological polar surface area (TPSA) is 71.4 Å². The fraction of sp³-hybridized carbons (Fsp3) is 0.333. The summed E-state index contributed by atoms with van der Waals surface area (Å²) in [5.41, 5.74) is 3.70. The minimum Gasteiger partial charge on any atom is -0.379 e. The number of nitrogens with zero attached hydrogens (tertiary/aromatic N) is 3. The molecule has 1 fully saturated rings. The predicted molar refractivity (Wildman–Crippen MR) is 150 cm³/mol. The number of hydrogen-bond acceptors (Lipinski definition) is 4. The molecule has 2 N–H and O–H groups in total. The van der Waals surface area contributed by atoms with Crippen molar-refractivity contribution in [2.75, 3.05) is 43.5 Å². The number of aromatic nitrogens is 2. The van der Waals surface area contributed by atoms with Gasteiger partial charge in [0.25, 0.3) is 0 Å². The van der Waals surface area contributed by atoms with Gasteiger partial charge in [-0.05, 0) is 35.6 Å². The van der Waals surface area contributed by atoms with Gasteiger partial charge in [0.1, 0.15) is 5.82 Å². The molecule has 4 aromatic rings. The Morgan fingerprint density at radius 1 is 0.946 bits per heavy atom. The summed E-state index contributed by atoms with van der Waals surface area (Å²) in [4.78, 5) is 15.5. The molecule has 7 nitrogen and oxygen atoms in total. The first-order chi connectivity index (χ1) is 17.9. The van der Waals surface area contributed by atoms with Crippen LogP contribution in [0.2, 0.25) is 0 Å². The quantitative estimate of drug-likeness (QED) is 0.351. The Morgan fingerprint density at radius 2 is 1.68 bits per heavy atom. The number of fused-ring (bicyclic) bond motifs is 1. The van der Waals surface area contributed by atoms with Crippen molar-refractivity contribution in [3.05, 3.63) is 84.1 Å². The van der Waals surface area contributed by atoms with E-state index in [4.69, 9.17) is 9.84 Å². The molecular weight excluding hydrogens is 462 g/mol. The van der Waals surface area contributed by atoms with E-state index in [9.17, 15) is 4.79 Å². The van der Waals surface area contributed by atoms with Crippen LogP contribution in [-0.4, -0.2) is 53.6 Å². The van der Waals surface area contributed by atoms with Gasteiger partial charge in [0.05, 0.1) is 30.3 Å². The maximum Gasteiger partial charge on any atom is 0.324 e. The second-order valence-electron chi connectivity index (χ2n) is 10.6. The maximum atomic E-state index is 13.1. The number of carbonyl (C=O) groups excluding carboxylic acids is 1. The largest absolute Gasteiger partial charge is 0.379 e. The molecule has 0 spiro atoms. The van der Waals surface area contributed by atoms with Crippen molar-refractivity contribution in [2.24, 2.45) is 0 Å². The summed E-state index contributed by atoms with van der Waals surface area (Å²) in [6.07, 6.45) is 0.991. The van der Waals surface area contributed by atoms with Crippen LogP contribution in [0.15, 0.2) is 72.8 Å². The average Bonchev–Trinajstić information content (AvgIpc) is 3.33. The summed E-state index contributed by atoms with van der Waals surface area (Å²) >= 11 is 0. The third kappa shape index (κ3) is 6.01. The highest BCUT2D eigenvalue weighted by molar-refractivity contribution is 6.06. The van der Waals surface area contributed by atoms with Gasteiger partial charge < -0.3 is 10.1 Å². The van der Waals surface area contributed by atoms with Crippen molar-refractivity contribution in [1.29, 1.82) is 0 Å². The molecular formula is C30H35N5O2. The number of urea groups is 1. The van der Waals surface area contributed by atoms with Crippen LogP contribution < -0.4 is 10.6 Å². The highest BCUT2D eigenvalue weighted by Gasteiger charge is 2.22. The normalized spacial score (nSPS) is 14.6. The lowest BCUT2D eigenvalue weighted by atomic mass is 9.92. The molecule has 0 unspecified atom stereocenters. The summed E-state index contributed by atoms with van der Waals surface area (Å²) in [6, 6.07) is 24.0. The maximum absolute atomic E-state index is 13.1. The fourth-order valence-electron chi connectivity index (χ4n) is 4.55. The zero-order chi connectivity index (χ0) is 25.8. The number of benzene rings is 3. The zero-order valence-corrected chi connectivity index (χ0v) is 21.8. The van der Waals surface area contributed by atoms with Gasteiger partial charge in [0, 0.05) is 36.5 Å². The van der Waals surface area contributed by atoms with Crippen LogP contribution in [0.5, 0.6) is 0 Å². The number of ether oxygens (including phenoxy) is 1. The lowest BCUT2D eigenvalue weighted by Gasteiger charge is -2.26. The van der Waals surface area contributed by atoms with E-state index in [1.165, 1.54) is 5.56 Å². The van der Waals surface area contributed by atoms with E-state index >= 15 is 0 Å². The summed E-state index contributed by atoms with van der Waals surface area (Å²) < 4.78 is 7.26. The Bertz CT molecular complexity index is 1360. The van der Waals surface area contributed by atoms with Gasteiger partial charge in [0.2, 0.25) is 0 Å². The van der Waals surface area contributed by atoms with Crippen molar-refractivity contribution in [2.45, 2.75) is 32.6 Å². The van der Waals surface area contributed by atoms with Gasteiger partial charge in [-0.15, -0.1) is 0 Å². The SMILES string of the molecule is CC(C)(C)c1cc(NC(=O)Nc2cccc3ccccc23)n(-c2ccc(CCN3CCOCC3)cc2)n1. The Kier molecular flexibility index (Phi) is 7.26. The fourth-order valence-corrected chi connectivity index (χ4v) is 4.55. The summed E-state index contributed by atoms with van der Waals surface area (Å²) in [5, 5.41) is 13.0. The third-order valence-corrected chi connectivity index (χ3v) is 6.76. The van der Waals surface area contributed by atoms with Crippen LogP contribution >= 0.6 is 0 Å². The molecule has 192 valence electrons. The van der Waals surface area contributed by atoms with E-state index in [-0.39, 0.29) is 11.4 Å². The molecule has 1 saturated heterocycles. The minimum absolute atomic E-state index is 0.161. The van der Waals surface area contributed by atoms with Crippen LogP contribution in [0.1, 0.15) is 32.0 Å². The second-order valence-corrected chi connectivity index (χ2v) is 10.6. The number of rotatable bonds is 6. The van der Waals surface area contributed by atoms with Gasteiger partial charge in [-0.1, -0.05) is 69.3 Å². The Morgan fingerprint density at radius 3 is 2.43 bits per heavy atom. The molecule has 0 radical (unpaired) electrons. The first-order valence-electron chi connectivity index (χ1n) is 12.9. The standard InChI is InChI=1S/C30H35N5O2/c1-30(2,3)27-21-28(32-29(36)31-26-10-6-8-23-7-4-5-9-25(23)26)35(33-27)24-13-11-22(12-14-24)15-16-34-17-19-37-20-18-34/h4-14,21H,15-20H2,1-3H3,(H2,31,32,36). The van der Waals surface area contributed by atoms with Crippen molar-refractivity contribution in [1.82, 2.24) is 14.7 Å². The molecule has 0 aliphatic carbocycles. The van der Waals surface area contributed by atoms with Gasteiger partial charge in [-0.25, -0.2) is 9.48 Å². The first-order valence-corrected chi connectivity index (χ1v) is 12.9. The molecule has 0 saturated carbocycles. The van der Waals surface area contributed by atoms with E-state index in [2.05, 4.69) is 60.6 Å². The van der Waals surface area contributed by atoms with Crippen LogP contribution in [0.4, 0.5) is 16.3 Å². The van der Waals surface area contributed by atoms with E-state index in [0.29, 0.717) is 5.82 Å². The van der Waals surface area contributed by atoms with Gasteiger partial charge in [0.15, 0.2) is 0 Å².